The van der Waals surface area contributed by atoms with E-state index in [2.05, 4.69) is 29.4 Å². The third-order valence-electron chi connectivity index (χ3n) is 4.66. The molecule has 3 heteroatoms. The smallest absolute Gasteiger partial charge is 0.0819 e. The minimum Gasteiger partial charge on any atom is -0.388 e. The van der Waals surface area contributed by atoms with Crippen LogP contribution in [0.3, 0.4) is 0 Å². The molecule has 112 valence electrons. The first-order valence-corrected chi connectivity index (χ1v) is 7.88. The number of rotatable bonds is 3. The molecule has 1 aromatic heterocycles. The second-order valence-corrected chi connectivity index (χ2v) is 6.59. The number of pyridine rings is 1. The van der Waals surface area contributed by atoms with Crippen LogP contribution < -0.4 is 5.32 Å². The SMILES string of the molecule is Cc1cc(NCC2(O)CCC(C)CC2)c2ccccc2n1. The van der Waals surface area contributed by atoms with Crippen molar-refractivity contribution in [2.45, 2.75) is 45.1 Å². The highest BCUT2D eigenvalue weighted by Gasteiger charge is 2.31. The summed E-state index contributed by atoms with van der Waals surface area (Å²) < 4.78 is 0. The van der Waals surface area contributed by atoms with Crippen LogP contribution in [0.25, 0.3) is 10.9 Å². The number of nitrogens with one attached hydrogen (secondary N) is 1. The van der Waals surface area contributed by atoms with Gasteiger partial charge in [-0.05, 0) is 50.7 Å². The van der Waals surface area contributed by atoms with Crippen LogP contribution in [-0.4, -0.2) is 22.2 Å². The molecule has 0 spiro atoms. The van der Waals surface area contributed by atoms with Gasteiger partial charge in [0, 0.05) is 23.3 Å². The number of aliphatic hydroxyl groups is 1. The Morgan fingerprint density at radius 3 is 2.76 bits per heavy atom. The van der Waals surface area contributed by atoms with E-state index in [9.17, 15) is 5.11 Å². The lowest BCUT2D eigenvalue weighted by Gasteiger charge is -2.35. The minimum atomic E-state index is -0.565. The van der Waals surface area contributed by atoms with Crippen molar-refractivity contribution in [1.29, 1.82) is 0 Å². The van der Waals surface area contributed by atoms with Crippen LogP contribution in [-0.2, 0) is 0 Å². The highest BCUT2D eigenvalue weighted by atomic mass is 16.3. The van der Waals surface area contributed by atoms with E-state index in [0.717, 1.165) is 53.9 Å². The van der Waals surface area contributed by atoms with Gasteiger partial charge in [0.1, 0.15) is 0 Å². The summed E-state index contributed by atoms with van der Waals surface area (Å²) in [6.07, 6.45) is 4.02. The van der Waals surface area contributed by atoms with Crippen molar-refractivity contribution in [2.75, 3.05) is 11.9 Å². The molecule has 3 rings (SSSR count). The van der Waals surface area contributed by atoms with E-state index in [1.54, 1.807) is 0 Å². The van der Waals surface area contributed by atoms with Gasteiger partial charge in [0.15, 0.2) is 0 Å². The molecule has 21 heavy (non-hydrogen) atoms. The maximum atomic E-state index is 10.7. The molecule has 0 aliphatic heterocycles. The fourth-order valence-corrected chi connectivity index (χ4v) is 3.19. The highest BCUT2D eigenvalue weighted by Crippen LogP contribution is 2.32. The predicted molar refractivity (Wildman–Crippen MR) is 87.6 cm³/mol. The summed E-state index contributed by atoms with van der Waals surface area (Å²) in [4.78, 5) is 4.56. The zero-order chi connectivity index (χ0) is 14.9. The number of hydrogen-bond donors (Lipinski definition) is 2. The summed E-state index contributed by atoms with van der Waals surface area (Å²) in [6, 6.07) is 10.2. The molecule has 2 aromatic rings. The lowest BCUT2D eigenvalue weighted by atomic mass is 9.79. The molecule has 0 unspecified atom stereocenters. The highest BCUT2D eigenvalue weighted by molar-refractivity contribution is 5.91. The van der Waals surface area contributed by atoms with Gasteiger partial charge < -0.3 is 10.4 Å². The Balaban J connectivity index is 1.79. The number of para-hydroxylation sites is 1. The van der Waals surface area contributed by atoms with Crippen molar-refractivity contribution in [1.82, 2.24) is 4.98 Å². The fraction of sp³-hybridized carbons (Fsp3) is 0.500. The van der Waals surface area contributed by atoms with Crippen LogP contribution in [0.1, 0.15) is 38.3 Å². The summed E-state index contributed by atoms with van der Waals surface area (Å²) in [6.45, 7) is 4.90. The molecule has 0 radical (unpaired) electrons. The van der Waals surface area contributed by atoms with E-state index in [4.69, 9.17) is 0 Å². The fourth-order valence-electron chi connectivity index (χ4n) is 3.19. The summed E-state index contributed by atoms with van der Waals surface area (Å²) >= 11 is 0. The Hall–Kier alpha value is -1.61. The van der Waals surface area contributed by atoms with Gasteiger partial charge in [-0.25, -0.2) is 0 Å². The topological polar surface area (TPSA) is 45.1 Å². The van der Waals surface area contributed by atoms with Crippen molar-refractivity contribution in [3.63, 3.8) is 0 Å². The first-order chi connectivity index (χ1) is 10.1. The van der Waals surface area contributed by atoms with Crippen LogP contribution in [0.15, 0.2) is 30.3 Å². The molecule has 3 nitrogen and oxygen atoms in total. The summed E-state index contributed by atoms with van der Waals surface area (Å²) in [7, 11) is 0. The number of nitrogens with zero attached hydrogens (tertiary/aromatic N) is 1. The van der Waals surface area contributed by atoms with Crippen LogP contribution in [0.4, 0.5) is 5.69 Å². The zero-order valence-corrected chi connectivity index (χ0v) is 12.9. The average molecular weight is 284 g/mol. The van der Waals surface area contributed by atoms with Crippen LogP contribution in [0.2, 0.25) is 0 Å². The van der Waals surface area contributed by atoms with Gasteiger partial charge in [0.05, 0.1) is 11.1 Å². The van der Waals surface area contributed by atoms with Crippen LogP contribution in [0, 0.1) is 12.8 Å². The lowest BCUT2D eigenvalue weighted by molar-refractivity contribution is 0.00503. The van der Waals surface area contributed by atoms with E-state index in [1.165, 1.54) is 0 Å². The number of aromatic nitrogens is 1. The molecule has 1 aromatic carbocycles. The molecule has 1 heterocycles. The molecule has 0 saturated heterocycles. The predicted octanol–water partition coefficient (Wildman–Crippen LogP) is 3.90. The number of fused-ring (bicyclic) bond motifs is 1. The Morgan fingerprint density at radius 1 is 1.29 bits per heavy atom. The van der Waals surface area contributed by atoms with Crippen molar-refractivity contribution in [2.24, 2.45) is 5.92 Å². The van der Waals surface area contributed by atoms with Crippen molar-refractivity contribution >= 4 is 16.6 Å². The standard InChI is InChI=1S/C18H24N2O/c1-13-7-9-18(21,10-8-13)12-19-17-11-14(2)20-16-6-4-3-5-15(16)17/h3-6,11,13,21H,7-10,12H2,1-2H3,(H,19,20). The maximum absolute atomic E-state index is 10.7. The van der Waals surface area contributed by atoms with Crippen LogP contribution >= 0.6 is 0 Å². The third-order valence-corrected chi connectivity index (χ3v) is 4.66. The quantitative estimate of drug-likeness (QED) is 0.898. The van der Waals surface area contributed by atoms with E-state index < -0.39 is 5.60 Å². The van der Waals surface area contributed by atoms with Gasteiger partial charge >= 0.3 is 0 Å². The number of benzene rings is 1. The van der Waals surface area contributed by atoms with Gasteiger partial charge in [-0.1, -0.05) is 25.1 Å². The Morgan fingerprint density at radius 2 is 2.00 bits per heavy atom. The molecule has 1 aliphatic carbocycles. The normalized spacial score (nSPS) is 26.0. The molecular formula is C18H24N2O. The van der Waals surface area contributed by atoms with Crippen molar-refractivity contribution in [3.8, 4) is 0 Å². The molecule has 1 fully saturated rings. The number of hydrogen-bond acceptors (Lipinski definition) is 3. The minimum absolute atomic E-state index is 0.565. The monoisotopic (exact) mass is 284 g/mol. The van der Waals surface area contributed by atoms with E-state index in [-0.39, 0.29) is 0 Å². The van der Waals surface area contributed by atoms with Gasteiger partial charge in [0.2, 0.25) is 0 Å². The molecule has 0 bridgehead atoms. The molecule has 0 atom stereocenters. The summed E-state index contributed by atoms with van der Waals surface area (Å²) in [5.74, 6) is 0.745. The summed E-state index contributed by atoms with van der Waals surface area (Å²) in [5, 5.41) is 15.3. The van der Waals surface area contributed by atoms with Gasteiger partial charge in [0.25, 0.3) is 0 Å². The zero-order valence-electron chi connectivity index (χ0n) is 12.9. The molecule has 2 N–H and O–H groups in total. The summed E-state index contributed by atoms with van der Waals surface area (Å²) in [5.41, 5.74) is 2.51. The molecule has 0 amide bonds. The lowest BCUT2D eigenvalue weighted by Crippen LogP contribution is -2.40. The molecular weight excluding hydrogens is 260 g/mol. The maximum Gasteiger partial charge on any atom is 0.0819 e. The Kier molecular flexibility index (Phi) is 3.85. The van der Waals surface area contributed by atoms with Gasteiger partial charge in [-0.3, -0.25) is 4.98 Å². The van der Waals surface area contributed by atoms with E-state index >= 15 is 0 Å². The Bertz CT molecular complexity index is 630. The third kappa shape index (κ3) is 3.18. The van der Waals surface area contributed by atoms with Crippen molar-refractivity contribution in [3.05, 3.63) is 36.0 Å². The average Bonchev–Trinajstić information content (AvgIpc) is 2.48. The van der Waals surface area contributed by atoms with Crippen molar-refractivity contribution < 1.29 is 5.11 Å². The first-order valence-electron chi connectivity index (χ1n) is 7.88. The second-order valence-electron chi connectivity index (χ2n) is 6.59. The first kappa shape index (κ1) is 14.3. The number of anilines is 1. The number of aryl methyl sites for hydroxylation is 1. The van der Waals surface area contributed by atoms with E-state index in [0.29, 0.717) is 6.54 Å². The molecule has 1 saturated carbocycles. The second kappa shape index (κ2) is 5.64. The van der Waals surface area contributed by atoms with Gasteiger partial charge in [-0.15, -0.1) is 0 Å². The largest absolute Gasteiger partial charge is 0.388 e. The molecule has 1 aliphatic rings. The van der Waals surface area contributed by atoms with E-state index in [1.807, 2.05) is 25.1 Å². The van der Waals surface area contributed by atoms with Gasteiger partial charge in [-0.2, -0.15) is 0 Å². The van der Waals surface area contributed by atoms with Crippen LogP contribution in [0.5, 0.6) is 0 Å². The Labute approximate surface area is 126 Å².